The molecule has 0 aromatic carbocycles. The maximum absolute atomic E-state index is 10.7. The molecule has 1 heterocycles. The van der Waals surface area contributed by atoms with Crippen molar-refractivity contribution in [2.45, 2.75) is 44.6 Å². The molecule has 0 aromatic heterocycles. The number of ether oxygens (including phenoxy) is 5. The van der Waals surface area contributed by atoms with Gasteiger partial charge < -0.3 is 28.8 Å². The largest absolute Gasteiger partial charge is 0.439 e. The first-order valence-electron chi connectivity index (χ1n) is 5.65. The van der Waals surface area contributed by atoms with Gasteiger partial charge in [0.25, 0.3) is 0 Å². The number of aliphatic hydroxyl groups is 1. The Labute approximate surface area is 106 Å². The number of rotatable bonds is 5. The molecule has 0 spiro atoms. The summed E-state index contributed by atoms with van der Waals surface area (Å²) in [6.45, 7) is 2.81. The summed E-state index contributed by atoms with van der Waals surface area (Å²) in [5, 5.41) is 10.0. The van der Waals surface area contributed by atoms with E-state index in [1.807, 2.05) is 0 Å². The third-order valence-electron chi connectivity index (χ3n) is 2.78. The fourth-order valence-corrected chi connectivity index (χ4v) is 1.90. The van der Waals surface area contributed by atoms with Crippen LogP contribution < -0.4 is 0 Å². The van der Waals surface area contributed by atoms with E-state index in [0.717, 1.165) is 0 Å². The zero-order valence-corrected chi connectivity index (χ0v) is 11.0. The average molecular weight is 264 g/mol. The van der Waals surface area contributed by atoms with Crippen LogP contribution in [0.4, 0.5) is 0 Å². The summed E-state index contributed by atoms with van der Waals surface area (Å²) in [6.07, 6.45) is -3.30. The number of carbonyl (C=O) groups excluding carboxylic acids is 1. The molecular weight excluding hydrogens is 244 g/mol. The lowest BCUT2D eigenvalue weighted by atomic mass is 9.99. The van der Waals surface area contributed by atoms with E-state index in [0.29, 0.717) is 0 Å². The predicted octanol–water partition coefficient (Wildman–Crippen LogP) is -0.341. The number of esters is 1. The number of carbonyl (C=O) groups is 1. The zero-order chi connectivity index (χ0) is 13.7. The average Bonchev–Trinajstić information content (AvgIpc) is 2.32. The SMILES string of the molecule is CO[C@H]1O[C@@H](C)[C@H](OC)[C@@H](OCOC(C)=O)[C@H]1O. The molecule has 0 aliphatic carbocycles. The van der Waals surface area contributed by atoms with Crippen molar-refractivity contribution in [3.05, 3.63) is 0 Å². The van der Waals surface area contributed by atoms with Gasteiger partial charge in [0.2, 0.25) is 0 Å². The fourth-order valence-electron chi connectivity index (χ4n) is 1.90. The molecule has 7 nitrogen and oxygen atoms in total. The van der Waals surface area contributed by atoms with Gasteiger partial charge in [0.05, 0.1) is 6.10 Å². The van der Waals surface area contributed by atoms with Crippen LogP contribution in [0.2, 0.25) is 0 Å². The van der Waals surface area contributed by atoms with Crippen molar-refractivity contribution in [1.82, 2.24) is 0 Å². The Morgan fingerprint density at radius 3 is 2.44 bits per heavy atom. The third kappa shape index (κ3) is 3.63. The first-order valence-corrected chi connectivity index (χ1v) is 5.65. The van der Waals surface area contributed by atoms with Crippen LogP contribution in [0.3, 0.4) is 0 Å². The van der Waals surface area contributed by atoms with E-state index < -0.39 is 30.6 Å². The zero-order valence-electron chi connectivity index (χ0n) is 11.0. The Bertz CT molecular complexity index is 270. The molecule has 1 aliphatic rings. The molecule has 5 atom stereocenters. The molecule has 106 valence electrons. The van der Waals surface area contributed by atoms with E-state index in [1.54, 1.807) is 6.92 Å². The molecule has 7 heteroatoms. The molecule has 1 aliphatic heterocycles. The van der Waals surface area contributed by atoms with Crippen molar-refractivity contribution in [3.63, 3.8) is 0 Å². The minimum Gasteiger partial charge on any atom is -0.439 e. The van der Waals surface area contributed by atoms with Gasteiger partial charge in [-0.2, -0.15) is 0 Å². The van der Waals surface area contributed by atoms with Gasteiger partial charge in [0.15, 0.2) is 13.1 Å². The van der Waals surface area contributed by atoms with Crippen LogP contribution in [0, 0.1) is 0 Å². The Morgan fingerprint density at radius 2 is 1.94 bits per heavy atom. The van der Waals surface area contributed by atoms with Gasteiger partial charge in [-0.05, 0) is 6.92 Å². The van der Waals surface area contributed by atoms with Crippen molar-refractivity contribution in [2.75, 3.05) is 21.0 Å². The summed E-state index contributed by atoms with van der Waals surface area (Å²) >= 11 is 0. The second kappa shape index (κ2) is 7.01. The Hall–Kier alpha value is -0.730. The van der Waals surface area contributed by atoms with E-state index in [9.17, 15) is 9.90 Å². The lowest BCUT2D eigenvalue weighted by molar-refractivity contribution is -0.304. The summed E-state index contributed by atoms with van der Waals surface area (Å²) < 4.78 is 25.7. The first kappa shape index (κ1) is 15.3. The van der Waals surface area contributed by atoms with Crippen LogP contribution in [0.25, 0.3) is 0 Å². The van der Waals surface area contributed by atoms with E-state index in [-0.39, 0.29) is 12.9 Å². The van der Waals surface area contributed by atoms with E-state index in [4.69, 9.17) is 18.9 Å². The number of hydrogen-bond donors (Lipinski definition) is 1. The van der Waals surface area contributed by atoms with E-state index in [1.165, 1.54) is 21.1 Å². The Kier molecular flexibility index (Phi) is 5.97. The second-order valence-corrected chi connectivity index (χ2v) is 4.02. The summed E-state index contributed by atoms with van der Waals surface area (Å²) in [5.74, 6) is -0.457. The molecule has 0 unspecified atom stereocenters. The monoisotopic (exact) mass is 264 g/mol. The number of hydrogen-bond acceptors (Lipinski definition) is 7. The van der Waals surface area contributed by atoms with Crippen molar-refractivity contribution < 1.29 is 33.6 Å². The van der Waals surface area contributed by atoms with Gasteiger partial charge in [-0.1, -0.05) is 0 Å². The number of aliphatic hydroxyl groups excluding tert-OH is 1. The molecular formula is C11H20O7. The van der Waals surface area contributed by atoms with Crippen molar-refractivity contribution in [2.24, 2.45) is 0 Å². The van der Waals surface area contributed by atoms with Crippen LogP contribution in [-0.4, -0.2) is 62.8 Å². The third-order valence-corrected chi connectivity index (χ3v) is 2.78. The van der Waals surface area contributed by atoms with Crippen LogP contribution in [0.5, 0.6) is 0 Å². The standard InChI is InChI=1S/C11H20O7/c1-6-9(14-3)10(17-5-16-7(2)12)8(13)11(15-4)18-6/h6,8-11,13H,5H2,1-4H3/t6-,8+,9-,10-,11-/m0/s1. The second-order valence-electron chi connectivity index (χ2n) is 4.02. The maximum atomic E-state index is 10.7. The molecule has 0 saturated carbocycles. The highest BCUT2D eigenvalue weighted by molar-refractivity contribution is 5.65. The van der Waals surface area contributed by atoms with Gasteiger partial charge in [-0.3, -0.25) is 4.79 Å². The van der Waals surface area contributed by atoms with Crippen LogP contribution in [0.1, 0.15) is 13.8 Å². The lowest BCUT2D eigenvalue weighted by Gasteiger charge is -2.41. The molecule has 1 N–H and O–H groups in total. The van der Waals surface area contributed by atoms with Crippen molar-refractivity contribution in [1.29, 1.82) is 0 Å². The molecule has 0 aromatic rings. The molecule has 1 rings (SSSR count). The smallest absolute Gasteiger partial charge is 0.304 e. The van der Waals surface area contributed by atoms with E-state index in [2.05, 4.69) is 4.74 Å². The summed E-state index contributed by atoms with van der Waals surface area (Å²) in [5.41, 5.74) is 0. The van der Waals surface area contributed by atoms with Crippen molar-refractivity contribution >= 4 is 5.97 Å². The van der Waals surface area contributed by atoms with E-state index >= 15 is 0 Å². The van der Waals surface area contributed by atoms with Gasteiger partial charge in [0, 0.05) is 21.1 Å². The van der Waals surface area contributed by atoms with Crippen LogP contribution in [0.15, 0.2) is 0 Å². The fraction of sp³-hybridized carbons (Fsp3) is 0.909. The molecule has 1 fully saturated rings. The lowest BCUT2D eigenvalue weighted by Crippen LogP contribution is -2.58. The summed E-state index contributed by atoms with van der Waals surface area (Å²) in [6, 6.07) is 0. The molecule has 0 radical (unpaired) electrons. The predicted molar refractivity (Wildman–Crippen MR) is 59.7 cm³/mol. The van der Waals surface area contributed by atoms with Gasteiger partial charge in [0.1, 0.15) is 18.3 Å². The first-order chi connectivity index (χ1) is 8.51. The minimum absolute atomic E-state index is 0.250. The van der Waals surface area contributed by atoms with Crippen LogP contribution >= 0.6 is 0 Å². The molecule has 0 bridgehead atoms. The molecule has 0 amide bonds. The quantitative estimate of drug-likeness (QED) is 0.537. The number of methoxy groups -OCH3 is 2. The van der Waals surface area contributed by atoms with Crippen molar-refractivity contribution in [3.8, 4) is 0 Å². The van der Waals surface area contributed by atoms with Gasteiger partial charge >= 0.3 is 5.97 Å². The van der Waals surface area contributed by atoms with Crippen LogP contribution in [-0.2, 0) is 28.5 Å². The summed E-state index contributed by atoms with van der Waals surface area (Å²) in [4.78, 5) is 10.7. The Morgan fingerprint density at radius 1 is 1.28 bits per heavy atom. The topological polar surface area (TPSA) is 83.5 Å². The Balaban J connectivity index is 2.64. The van der Waals surface area contributed by atoms with Gasteiger partial charge in [-0.25, -0.2) is 0 Å². The summed E-state index contributed by atoms with van der Waals surface area (Å²) in [7, 11) is 2.92. The van der Waals surface area contributed by atoms with Gasteiger partial charge in [-0.15, -0.1) is 0 Å². The molecule has 1 saturated heterocycles. The highest BCUT2D eigenvalue weighted by Gasteiger charge is 2.45. The highest BCUT2D eigenvalue weighted by atomic mass is 16.7. The molecule has 18 heavy (non-hydrogen) atoms. The normalized spacial score (nSPS) is 36.4. The maximum Gasteiger partial charge on any atom is 0.304 e. The minimum atomic E-state index is -1.02. The highest BCUT2D eigenvalue weighted by Crippen LogP contribution is 2.25.